The molecule has 0 aromatic heterocycles. The second-order valence-corrected chi connectivity index (χ2v) is 5.58. The van der Waals surface area contributed by atoms with Crippen LogP contribution in [0.1, 0.15) is 25.3 Å². The molecule has 0 bridgehead atoms. The Morgan fingerprint density at radius 2 is 1.93 bits per heavy atom. The van der Waals surface area contributed by atoms with E-state index < -0.39 is 0 Å². The molecule has 0 aliphatic heterocycles. The third-order valence-corrected chi connectivity index (χ3v) is 4.54. The van der Waals surface area contributed by atoms with Gasteiger partial charge in [-0.15, -0.1) is 11.8 Å². The van der Waals surface area contributed by atoms with Crippen molar-refractivity contribution in [3.05, 3.63) is 29.8 Å². The monoisotopic (exact) mass is 220 g/mol. The molecule has 0 amide bonds. The van der Waals surface area contributed by atoms with E-state index in [1.54, 1.807) is 0 Å². The summed E-state index contributed by atoms with van der Waals surface area (Å²) in [5, 5.41) is 0.486. The van der Waals surface area contributed by atoms with Crippen LogP contribution in [-0.2, 0) is 4.79 Å². The van der Waals surface area contributed by atoms with Crippen LogP contribution in [0.25, 0.3) is 0 Å². The number of hydrogen-bond donors (Lipinski definition) is 0. The molecule has 2 atom stereocenters. The molecule has 1 aliphatic rings. The number of carbonyl (C=O) groups is 1. The van der Waals surface area contributed by atoms with Crippen molar-refractivity contribution in [2.24, 2.45) is 5.92 Å². The number of rotatable bonds is 2. The third-order valence-electron chi connectivity index (χ3n) is 3.05. The van der Waals surface area contributed by atoms with Gasteiger partial charge in [-0.05, 0) is 25.5 Å². The van der Waals surface area contributed by atoms with Crippen LogP contribution in [0.3, 0.4) is 0 Å². The molecule has 0 N–H and O–H groups in total. The van der Waals surface area contributed by atoms with Gasteiger partial charge in [-0.25, -0.2) is 0 Å². The second-order valence-electron chi connectivity index (χ2n) is 4.26. The van der Waals surface area contributed by atoms with Crippen molar-refractivity contribution in [2.45, 2.75) is 36.8 Å². The van der Waals surface area contributed by atoms with Crippen LogP contribution in [0, 0.1) is 12.8 Å². The maximum absolute atomic E-state index is 11.4. The Morgan fingerprint density at radius 1 is 1.27 bits per heavy atom. The molecule has 1 fully saturated rings. The van der Waals surface area contributed by atoms with Gasteiger partial charge in [-0.2, -0.15) is 0 Å². The first-order valence-corrected chi connectivity index (χ1v) is 6.31. The molecule has 2 unspecified atom stereocenters. The summed E-state index contributed by atoms with van der Waals surface area (Å²) >= 11 is 1.85. The summed E-state index contributed by atoms with van der Waals surface area (Å²) in [4.78, 5) is 12.7. The largest absolute Gasteiger partial charge is 0.299 e. The predicted octanol–water partition coefficient (Wildman–Crippen LogP) is 3.45. The Morgan fingerprint density at radius 3 is 2.47 bits per heavy atom. The lowest BCUT2D eigenvalue weighted by Crippen LogP contribution is -2.11. The van der Waals surface area contributed by atoms with E-state index in [0.717, 1.165) is 12.8 Å². The molecule has 80 valence electrons. The summed E-state index contributed by atoms with van der Waals surface area (Å²) in [7, 11) is 0. The first kappa shape index (κ1) is 10.7. The summed E-state index contributed by atoms with van der Waals surface area (Å²) in [5.41, 5.74) is 1.29. The van der Waals surface area contributed by atoms with Crippen molar-refractivity contribution >= 4 is 17.5 Å². The van der Waals surface area contributed by atoms with Crippen molar-refractivity contribution < 1.29 is 4.79 Å². The average Bonchev–Trinajstić information content (AvgIpc) is 2.53. The van der Waals surface area contributed by atoms with E-state index in [9.17, 15) is 4.79 Å². The number of carbonyl (C=O) groups excluding carboxylic acids is 1. The minimum absolute atomic E-state index is 0.233. The van der Waals surface area contributed by atoms with Gasteiger partial charge in [0.1, 0.15) is 5.78 Å². The standard InChI is InChI=1S/C13H16OS/c1-9-3-5-11(6-4-9)15-13-8-7-12(14)10(13)2/h3-6,10,13H,7-8H2,1-2H3. The normalized spacial score (nSPS) is 25.9. The first-order valence-electron chi connectivity index (χ1n) is 5.43. The van der Waals surface area contributed by atoms with Crippen molar-refractivity contribution in [1.82, 2.24) is 0 Å². The van der Waals surface area contributed by atoms with Gasteiger partial charge in [-0.1, -0.05) is 24.6 Å². The van der Waals surface area contributed by atoms with Crippen LogP contribution < -0.4 is 0 Å². The zero-order chi connectivity index (χ0) is 10.8. The number of thioether (sulfide) groups is 1. The fourth-order valence-corrected chi connectivity index (χ4v) is 3.16. The van der Waals surface area contributed by atoms with Crippen molar-refractivity contribution in [2.75, 3.05) is 0 Å². The fourth-order valence-electron chi connectivity index (χ4n) is 1.92. The SMILES string of the molecule is Cc1ccc(SC2CCC(=O)C2C)cc1. The highest BCUT2D eigenvalue weighted by Gasteiger charge is 2.31. The quantitative estimate of drug-likeness (QED) is 0.759. The van der Waals surface area contributed by atoms with Crippen molar-refractivity contribution in [3.8, 4) is 0 Å². The molecule has 0 spiro atoms. The lowest BCUT2D eigenvalue weighted by Gasteiger charge is -2.13. The maximum atomic E-state index is 11.4. The highest BCUT2D eigenvalue weighted by Crippen LogP contribution is 2.36. The molecule has 1 nitrogen and oxygen atoms in total. The predicted molar refractivity (Wildman–Crippen MR) is 64.2 cm³/mol. The molecule has 1 aromatic rings. The Hall–Kier alpha value is -0.760. The lowest BCUT2D eigenvalue weighted by molar-refractivity contribution is -0.120. The minimum atomic E-state index is 0.233. The molecule has 1 saturated carbocycles. The summed E-state index contributed by atoms with van der Waals surface area (Å²) in [6, 6.07) is 8.55. The molecule has 1 aliphatic carbocycles. The highest BCUT2D eigenvalue weighted by molar-refractivity contribution is 8.00. The summed E-state index contributed by atoms with van der Waals surface area (Å²) in [6.45, 7) is 4.15. The topological polar surface area (TPSA) is 17.1 Å². The Labute approximate surface area is 95.3 Å². The average molecular weight is 220 g/mol. The van der Waals surface area contributed by atoms with E-state index in [0.29, 0.717) is 11.0 Å². The van der Waals surface area contributed by atoms with Crippen LogP contribution in [0.4, 0.5) is 0 Å². The third kappa shape index (κ3) is 2.43. The van der Waals surface area contributed by atoms with Gasteiger partial charge in [0.05, 0.1) is 0 Å². The molecule has 1 aromatic carbocycles. The molecular weight excluding hydrogens is 204 g/mol. The van der Waals surface area contributed by atoms with Crippen LogP contribution in [-0.4, -0.2) is 11.0 Å². The number of Topliss-reactive ketones (excluding diaryl/α,β-unsaturated/α-hetero) is 1. The Kier molecular flexibility index (Phi) is 3.15. The molecule has 2 rings (SSSR count). The molecular formula is C13H16OS. The number of benzene rings is 1. The summed E-state index contributed by atoms with van der Waals surface area (Å²) in [5.74, 6) is 0.663. The van der Waals surface area contributed by atoms with Gasteiger partial charge in [0.2, 0.25) is 0 Å². The van der Waals surface area contributed by atoms with E-state index in [1.165, 1.54) is 10.5 Å². The number of ketones is 1. The summed E-state index contributed by atoms with van der Waals surface area (Å²) in [6.07, 6.45) is 1.81. The van der Waals surface area contributed by atoms with Crippen molar-refractivity contribution in [3.63, 3.8) is 0 Å². The maximum Gasteiger partial charge on any atom is 0.136 e. The van der Waals surface area contributed by atoms with Gasteiger partial charge in [0.25, 0.3) is 0 Å². The number of aryl methyl sites for hydroxylation is 1. The smallest absolute Gasteiger partial charge is 0.136 e. The van der Waals surface area contributed by atoms with E-state index in [1.807, 2.05) is 11.8 Å². The fraction of sp³-hybridized carbons (Fsp3) is 0.462. The van der Waals surface area contributed by atoms with Gasteiger partial charge in [0.15, 0.2) is 0 Å². The van der Waals surface area contributed by atoms with Crippen LogP contribution in [0.5, 0.6) is 0 Å². The molecule has 0 heterocycles. The Bertz CT molecular complexity index is 355. The van der Waals surface area contributed by atoms with Gasteiger partial charge < -0.3 is 0 Å². The lowest BCUT2D eigenvalue weighted by atomic mass is 10.1. The van der Waals surface area contributed by atoms with Crippen LogP contribution in [0.2, 0.25) is 0 Å². The second kappa shape index (κ2) is 4.40. The first-order chi connectivity index (χ1) is 7.16. The zero-order valence-corrected chi connectivity index (χ0v) is 10.0. The van der Waals surface area contributed by atoms with E-state index in [-0.39, 0.29) is 5.92 Å². The minimum Gasteiger partial charge on any atom is -0.299 e. The molecule has 15 heavy (non-hydrogen) atoms. The molecule has 2 heteroatoms. The summed E-state index contributed by atoms with van der Waals surface area (Å²) < 4.78 is 0. The highest BCUT2D eigenvalue weighted by atomic mass is 32.2. The van der Waals surface area contributed by atoms with Gasteiger partial charge in [-0.3, -0.25) is 4.79 Å². The molecule has 0 saturated heterocycles. The van der Waals surface area contributed by atoms with E-state index in [2.05, 4.69) is 38.1 Å². The molecule has 0 radical (unpaired) electrons. The number of hydrogen-bond acceptors (Lipinski definition) is 2. The van der Waals surface area contributed by atoms with Crippen molar-refractivity contribution in [1.29, 1.82) is 0 Å². The van der Waals surface area contributed by atoms with E-state index >= 15 is 0 Å². The van der Waals surface area contributed by atoms with Crippen LogP contribution >= 0.6 is 11.8 Å². The van der Waals surface area contributed by atoms with Crippen LogP contribution in [0.15, 0.2) is 29.2 Å². The Balaban J connectivity index is 2.03. The van der Waals surface area contributed by atoms with Gasteiger partial charge >= 0.3 is 0 Å². The van der Waals surface area contributed by atoms with E-state index in [4.69, 9.17) is 0 Å². The zero-order valence-electron chi connectivity index (χ0n) is 9.19. The van der Waals surface area contributed by atoms with Gasteiger partial charge in [0, 0.05) is 22.5 Å².